The monoisotopic (exact) mass is 325 g/mol. The summed E-state index contributed by atoms with van der Waals surface area (Å²) in [4.78, 5) is 0.244. The molecule has 2 aromatic rings. The first kappa shape index (κ1) is 15.8. The largest absolute Gasteiger partial charge is 0.456 e. The standard InChI is InChI=1S/C15H16ClNO3S/c1-10(17)11-3-8-15(14(16)9-11)20-12-4-6-13(7-5-12)21(2,18)19/h3-10H,17H2,1-2H3/t10-/m0/s1. The van der Waals surface area contributed by atoms with E-state index in [1.54, 1.807) is 24.3 Å². The van der Waals surface area contributed by atoms with Crippen molar-refractivity contribution in [3.63, 3.8) is 0 Å². The van der Waals surface area contributed by atoms with Gasteiger partial charge in [-0.2, -0.15) is 0 Å². The molecule has 1 atom stereocenters. The van der Waals surface area contributed by atoms with E-state index < -0.39 is 9.84 Å². The Balaban J connectivity index is 2.22. The summed E-state index contributed by atoms with van der Waals surface area (Å²) < 4.78 is 28.4. The van der Waals surface area contributed by atoms with Crippen LogP contribution in [-0.4, -0.2) is 14.7 Å². The predicted octanol–water partition coefficient (Wildman–Crippen LogP) is 3.56. The highest BCUT2D eigenvalue weighted by molar-refractivity contribution is 7.90. The molecule has 0 spiro atoms. The summed E-state index contributed by atoms with van der Waals surface area (Å²) in [5.74, 6) is 1.01. The predicted molar refractivity (Wildman–Crippen MR) is 83.7 cm³/mol. The SMILES string of the molecule is C[C@H](N)c1ccc(Oc2ccc(S(C)(=O)=O)cc2)c(Cl)c1. The third-order valence-corrected chi connectivity index (χ3v) is 4.39. The molecule has 0 bridgehead atoms. The number of nitrogens with two attached hydrogens (primary N) is 1. The van der Waals surface area contributed by atoms with Crippen LogP contribution in [0.5, 0.6) is 11.5 Å². The van der Waals surface area contributed by atoms with Gasteiger partial charge in [-0.1, -0.05) is 17.7 Å². The maximum absolute atomic E-state index is 11.4. The van der Waals surface area contributed by atoms with Gasteiger partial charge in [-0.25, -0.2) is 8.42 Å². The Bertz CT molecular complexity index is 740. The van der Waals surface area contributed by atoms with Crippen molar-refractivity contribution in [1.29, 1.82) is 0 Å². The molecule has 2 N–H and O–H groups in total. The molecule has 112 valence electrons. The number of halogens is 1. The van der Waals surface area contributed by atoms with Gasteiger partial charge < -0.3 is 10.5 Å². The van der Waals surface area contributed by atoms with Crippen LogP contribution in [0.25, 0.3) is 0 Å². The zero-order valence-electron chi connectivity index (χ0n) is 11.7. The van der Waals surface area contributed by atoms with Crippen LogP contribution in [0.4, 0.5) is 0 Å². The molecule has 0 aliphatic carbocycles. The van der Waals surface area contributed by atoms with E-state index in [1.807, 2.05) is 13.0 Å². The van der Waals surface area contributed by atoms with Crippen molar-refractivity contribution in [3.05, 3.63) is 53.1 Å². The van der Waals surface area contributed by atoms with Crippen molar-refractivity contribution in [2.24, 2.45) is 5.73 Å². The lowest BCUT2D eigenvalue weighted by molar-refractivity contribution is 0.482. The van der Waals surface area contributed by atoms with E-state index in [1.165, 1.54) is 12.1 Å². The average molecular weight is 326 g/mol. The van der Waals surface area contributed by atoms with E-state index >= 15 is 0 Å². The van der Waals surface area contributed by atoms with Crippen molar-refractivity contribution >= 4 is 21.4 Å². The minimum Gasteiger partial charge on any atom is -0.456 e. The number of hydrogen-bond acceptors (Lipinski definition) is 4. The molecule has 6 heteroatoms. The van der Waals surface area contributed by atoms with E-state index in [2.05, 4.69) is 0 Å². The fraction of sp³-hybridized carbons (Fsp3) is 0.200. The first-order valence-electron chi connectivity index (χ1n) is 6.30. The van der Waals surface area contributed by atoms with E-state index in [-0.39, 0.29) is 10.9 Å². The molecule has 0 radical (unpaired) electrons. The molecule has 0 aromatic heterocycles. The fourth-order valence-corrected chi connectivity index (χ4v) is 2.62. The molecule has 0 amide bonds. The van der Waals surface area contributed by atoms with Crippen molar-refractivity contribution in [3.8, 4) is 11.5 Å². The highest BCUT2D eigenvalue weighted by atomic mass is 35.5. The highest BCUT2D eigenvalue weighted by Gasteiger charge is 2.09. The van der Waals surface area contributed by atoms with Gasteiger partial charge in [0.15, 0.2) is 9.84 Å². The van der Waals surface area contributed by atoms with Crippen LogP contribution in [0, 0.1) is 0 Å². The first-order valence-corrected chi connectivity index (χ1v) is 8.57. The van der Waals surface area contributed by atoms with Crippen LogP contribution >= 0.6 is 11.6 Å². The summed E-state index contributed by atoms with van der Waals surface area (Å²) in [7, 11) is -3.21. The van der Waals surface area contributed by atoms with Crippen LogP contribution < -0.4 is 10.5 Å². The van der Waals surface area contributed by atoms with Crippen LogP contribution in [0.2, 0.25) is 5.02 Å². The molecule has 2 rings (SSSR count). The van der Waals surface area contributed by atoms with Crippen molar-refractivity contribution in [2.45, 2.75) is 17.9 Å². The van der Waals surface area contributed by atoms with Gasteiger partial charge >= 0.3 is 0 Å². The topological polar surface area (TPSA) is 69.4 Å². The Morgan fingerprint density at radius 2 is 1.76 bits per heavy atom. The van der Waals surface area contributed by atoms with E-state index in [9.17, 15) is 8.42 Å². The highest BCUT2D eigenvalue weighted by Crippen LogP contribution is 2.31. The van der Waals surface area contributed by atoms with Crippen LogP contribution in [0.1, 0.15) is 18.5 Å². The molecular weight excluding hydrogens is 310 g/mol. The number of ether oxygens (including phenoxy) is 1. The van der Waals surface area contributed by atoms with Crippen LogP contribution in [0.3, 0.4) is 0 Å². The summed E-state index contributed by atoms with van der Waals surface area (Å²) in [5, 5.41) is 0.456. The number of sulfone groups is 1. The van der Waals surface area contributed by atoms with E-state index in [4.69, 9.17) is 22.1 Å². The lowest BCUT2D eigenvalue weighted by Gasteiger charge is -2.11. The Morgan fingerprint density at radius 1 is 1.14 bits per heavy atom. The Kier molecular flexibility index (Phi) is 4.56. The second-order valence-corrected chi connectivity index (χ2v) is 7.25. The maximum atomic E-state index is 11.4. The molecule has 0 saturated carbocycles. The van der Waals surface area contributed by atoms with Gasteiger partial charge in [0.05, 0.1) is 9.92 Å². The molecule has 0 saturated heterocycles. The van der Waals surface area contributed by atoms with Gasteiger partial charge in [-0.05, 0) is 48.9 Å². The second-order valence-electron chi connectivity index (χ2n) is 4.82. The molecule has 0 aliphatic heterocycles. The summed E-state index contributed by atoms with van der Waals surface area (Å²) in [6.07, 6.45) is 1.16. The van der Waals surface area contributed by atoms with Gasteiger partial charge in [0.2, 0.25) is 0 Å². The summed E-state index contributed by atoms with van der Waals surface area (Å²) in [5.41, 5.74) is 6.70. The van der Waals surface area contributed by atoms with Gasteiger partial charge in [0, 0.05) is 12.3 Å². The van der Waals surface area contributed by atoms with E-state index in [0.29, 0.717) is 16.5 Å². The smallest absolute Gasteiger partial charge is 0.175 e. The maximum Gasteiger partial charge on any atom is 0.175 e. The van der Waals surface area contributed by atoms with Gasteiger partial charge in [0.1, 0.15) is 11.5 Å². The minimum absolute atomic E-state index is 0.106. The molecule has 21 heavy (non-hydrogen) atoms. The van der Waals surface area contributed by atoms with Gasteiger partial charge in [0.25, 0.3) is 0 Å². The van der Waals surface area contributed by atoms with E-state index in [0.717, 1.165) is 11.8 Å². The normalized spacial score (nSPS) is 13.0. The molecule has 0 fully saturated rings. The zero-order chi connectivity index (χ0) is 15.6. The fourth-order valence-electron chi connectivity index (χ4n) is 1.76. The van der Waals surface area contributed by atoms with Crippen molar-refractivity contribution < 1.29 is 13.2 Å². The van der Waals surface area contributed by atoms with Crippen LogP contribution in [0.15, 0.2) is 47.4 Å². The second kappa shape index (κ2) is 6.05. The number of rotatable bonds is 4. The number of hydrogen-bond donors (Lipinski definition) is 1. The number of benzene rings is 2. The van der Waals surface area contributed by atoms with Crippen molar-refractivity contribution in [1.82, 2.24) is 0 Å². The lowest BCUT2D eigenvalue weighted by Crippen LogP contribution is -2.04. The molecule has 4 nitrogen and oxygen atoms in total. The zero-order valence-corrected chi connectivity index (χ0v) is 13.3. The Hall–Kier alpha value is -1.56. The molecule has 0 aliphatic rings. The molecule has 0 unspecified atom stereocenters. The Labute approximate surface area is 129 Å². The van der Waals surface area contributed by atoms with Gasteiger partial charge in [-0.3, -0.25) is 0 Å². The van der Waals surface area contributed by atoms with Crippen molar-refractivity contribution in [2.75, 3.05) is 6.26 Å². The summed E-state index contributed by atoms with van der Waals surface area (Å²) in [6.45, 7) is 1.87. The Morgan fingerprint density at radius 3 is 2.24 bits per heavy atom. The first-order chi connectivity index (χ1) is 9.77. The summed E-state index contributed by atoms with van der Waals surface area (Å²) in [6, 6.07) is 11.4. The average Bonchev–Trinajstić information content (AvgIpc) is 2.40. The van der Waals surface area contributed by atoms with Gasteiger partial charge in [-0.15, -0.1) is 0 Å². The third-order valence-electron chi connectivity index (χ3n) is 2.96. The van der Waals surface area contributed by atoms with Crippen LogP contribution in [-0.2, 0) is 9.84 Å². The quantitative estimate of drug-likeness (QED) is 0.933. The third kappa shape index (κ3) is 3.97. The molecule has 0 heterocycles. The molecule has 2 aromatic carbocycles. The molecular formula is C15H16ClNO3S. The summed E-state index contributed by atoms with van der Waals surface area (Å²) >= 11 is 6.15. The minimum atomic E-state index is -3.21. The lowest BCUT2D eigenvalue weighted by atomic mass is 10.1.